The highest BCUT2D eigenvalue weighted by Gasteiger charge is 2.10. The monoisotopic (exact) mass is 321 g/mol. The summed E-state index contributed by atoms with van der Waals surface area (Å²) in [4.78, 5) is 7.68. The van der Waals surface area contributed by atoms with Crippen LogP contribution in [0.5, 0.6) is 0 Å². The molecule has 0 saturated carbocycles. The van der Waals surface area contributed by atoms with Gasteiger partial charge in [0.2, 0.25) is 0 Å². The van der Waals surface area contributed by atoms with E-state index in [1.54, 1.807) is 11.3 Å². The van der Waals surface area contributed by atoms with E-state index in [1.165, 1.54) is 4.88 Å². The molecule has 0 radical (unpaired) electrons. The molecule has 0 aromatic carbocycles. The number of nitrogens with zero attached hydrogens (tertiary/aromatic N) is 3. The molecule has 0 saturated heterocycles. The van der Waals surface area contributed by atoms with Gasteiger partial charge in [0.15, 0.2) is 0 Å². The van der Waals surface area contributed by atoms with Crippen molar-refractivity contribution in [1.82, 2.24) is 4.98 Å². The molecule has 2 rings (SSSR count). The van der Waals surface area contributed by atoms with Gasteiger partial charge in [-0.15, -0.1) is 11.3 Å². The molecule has 2 aromatic rings. The summed E-state index contributed by atoms with van der Waals surface area (Å²) in [5.74, 6) is 0.738. The standard InChI is InChI=1S/C13H12BrN3S/c1-9-3-4-10(6-15)13(16-9)17(2)7-12-5-11(14)8-18-12/h3-5,8H,7H2,1-2H3. The molecule has 2 heterocycles. The van der Waals surface area contributed by atoms with Crippen molar-refractivity contribution in [2.75, 3.05) is 11.9 Å². The van der Waals surface area contributed by atoms with Crippen LogP contribution in [0.3, 0.4) is 0 Å². The molecule has 18 heavy (non-hydrogen) atoms. The van der Waals surface area contributed by atoms with E-state index in [2.05, 4.69) is 38.4 Å². The molecule has 5 heteroatoms. The lowest BCUT2D eigenvalue weighted by atomic mass is 10.2. The first kappa shape index (κ1) is 13.1. The highest BCUT2D eigenvalue weighted by molar-refractivity contribution is 9.10. The SMILES string of the molecule is Cc1ccc(C#N)c(N(C)Cc2cc(Br)cs2)n1. The van der Waals surface area contributed by atoms with Gasteiger partial charge in [-0.25, -0.2) is 4.98 Å². The summed E-state index contributed by atoms with van der Waals surface area (Å²) in [6.07, 6.45) is 0. The Balaban J connectivity index is 2.26. The summed E-state index contributed by atoms with van der Waals surface area (Å²) in [6, 6.07) is 7.95. The third kappa shape index (κ3) is 2.89. The first-order valence-corrected chi connectivity index (χ1v) is 7.09. The number of anilines is 1. The number of pyridine rings is 1. The third-order valence-electron chi connectivity index (χ3n) is 2.51. The molecule has 0 aliphatic carbocycles. The molecular formula is C13H12BrN3S. The number of rotatable bonds is 3. The number of aromatic nitrogens is 1. The predicted molar refractivity (Wildman–Crippen MR) is 77.8 cm³/mol. The van der Waals surface area contributed by atoms with E-state index in [1.807, 2.05) is 31.0 Å². The second-order valence-electron chi connectivity index (χ2n) is 4.02. The fourth-order valence-corrected chi connectivity index (χ4v) is 3.17. The van der Waals surface area contributed by atoms with Crippen LogP contribution in [0.2, 0.25) is 0 Å². The van der Waals surface area contributed by atoms with Crippen molar-refractivity contribution in [1.29, 1.82) is 5.26 Å². The Hall–Kier alpha value is -1.38. The number of nitriles is 1. The fourth-order valence-electron chi connectivity index (χ4n) is 1.67. The van der Waals surface area contributed by atoms with E-state index in [0.717, 1.165) is 22.5 Å². The Bertz CT molecular complexity index is 601. The largest absolute Gasteiger partial charge is 0.353 e. The topological polar surface area (TPSA) is 39.9 Å². The summed E-state index contributed by atoms with van der Waals surface area (Å²) in [7, 11) is 1.95. The summed E-state index contributed by atoms with van der Waals surface area (Å²) in [5.41, 5.74) is 1.53. The molecule has 0 atom stereocenters. The molecule has 0 spiro atoms. The lowest BCUT2D eigenvalue weighted by molar-refractivity contribution is 0.902. The fraction of sp³-hybridized carbons (Fsp3) is 0.231. The molecule has 0 aliphatic rings. The first-order valence-electron chi connectivity index (χ1n) is 5.42. The van der Waals surface area contributed by atoms with Crippen molar-refractivity contribution >= 4 is 33.1 Å². The number of aryl methyl sites for hydroxylation is 1. The second-order valence-corrected chi connectivity index (χ2v) is 5.93. The highest BCUT2D eigenvalue weighted by atomic mass is 79.9. The molecule has 0 unspecified atom stereocenters. The average molecular weight is 322 g/mol. The average Bonchev–Trinajstić information content (AvgIpc) is 2.74. The Labute approximate surface area is 119 Å². The lowest BCUT2D eigenvalue weighted by Gasteiger charge is -2.18. The van der Waals surface area contributed by atoms with Crippen LogP contribution in [0, 0.1) is 18.3 Å². The Morgan fingerprint density at radius 1 is 1.50 bits per heavy atom. The quantitative estimate of drug-likeness (QED) is 0.864. The van der Waals surface area contributed by atoms with Gasteiger partial charge in [-0.1, -0.05) is 0 Å². The lowest BCUT2D eigenvalue weighted by Crippen LogP contribution is -2.18. The van der Waals surface area contributed by atoms with Crippen molar-refractivity contribution in [3.63, 3.8) is 0 Å². The maximum atomic E-state index is 9.11. The zero-order valence-corrected chi connectivity index (χ0v) is 12.5. The van der Waals surface area contributed by atoms with Gasteiger partial charge in [0.1, 0.15) is 11.9 Å². The van der Waals surface area contributed by atoms with E-state index in [-0.39, 0.29) is 0 Å². The molecule has 0 bridgehead atoms. The molecule has 0 amide bonds. The highest BCUT2D eigenvalue weighted by Crippen LogP contribution is 2.24. The van der Waals surface area contributed by atoms with Crippen molar-refractivity contribution < 1.29 is 0 Å². The van der Waals surface area contributed by atoms with Crippen LogP contribution in [-0.4, -0.2) is 12.0 Å². The number of hydrogen-bond acceptors (Lipinski definition) is 4. The van der Waals surface area contributed by atoms with Gasteiger partial charge in [0, 0.05) is 27.5 Å². The van der Waals surface area contributed by atoms with Gasteiger partial charge < -0.3 is 4.90 Å². The second kappa shape index (κ2) is 5.51. The van der Waals surface area contributed by atoms with Crippen LogP contribution < -0.4 is 4.90 Å². The molecular weight excluding hydrogens is 310 g/mol. The van der Waals surface area contributed by atoms with E-state index < -0.39 is 0 Å². The van der Waals surface area contributed by atoms with Crippen molar-refractivity contribution in [3.8, 4) is 6.07 Å². The Morgan fingerprint density at radius 3 is 2.89 bits per heavy atom. The molecule has 0 fully saturated rings. The number of thiophene rings is 1. The van der Waals surface area contributed by atoms with Crippen LogP contribution in [0.4, 0.5) is 5.82 Å². The van der Waals surface area contributed by atoms with E-state index >= 15 is 0 Å². The van der Waals surface area contributed by atoms with Crippen LogP contribution >= 0.6 is 27.3 Å². The minimum atomic E-state index is 0.610. The van der Waals surface area contributed by atoms with E-state index in [0.29, 0.717) is 5.56 Å². The van der Waals surface area contributed by atoms with Gasteiger partial charge >= 0.3 is 0 Å². The smallest absolute Gasteiger partial charge is 0.146 e. The maximum Gasteiger partial charge on any atom is 0.146 e. The molecule has 0 N–H and O–H groups in total. The van der Waals surface area contributed by atoms with E-state index in [4.69, 9.17) is 5.26 Å². The molecule has 2 aromatic heterocycles. The van der Waals surface area contributed by atoms with Crippen molar-refractivity contribution in [3.05, 3.63) is 44.2 Å². The van der Waals surface area contributed by atoms with Crippen LogP contribution in [0.15, 0.2) is 28.1 Å². The van der Waals surface area contributed by atoms with Crippen LogP contribution in [-0.2, 0) is 6.54 Å². The zero-order valence-electron chi connectivity index (χ0n) is 10.1. The van der Waals surface area contributed by atoms with Gasteiger partial charge in [-0.05, 0) is 41.1 Å². The minimum absolute atomic E-state index is 0.610. The molecule has 92 valence electrons. The summed E-state index contributed by atoms with van der Waals surface area (Å²) >= 11 is 5.13. The third-order valence-corrected chi connectivity index (χ3v) is 4.19. The summed E-state index contributed by atoms with van der Waals surface area (Å²) in [5, 5.41) is 11.2. The molecule has 3 nitrogen and oxygen atoms in total. The van der Waals surface area contributed by atoms with Gasteiger partial charge in [0.25, 0.3) is 0 Å². The molecule has 0 aliphatic heterocycles. The van der Waals surface area contributed by atoms with Gasteiger partial charge in [-0.2, -0.15) is 5.26 Å². The number of halogens is 1. The van der Waals surface area contributed by atoms with Crippen LogP contribution in [0.1, 0.15) is 16.1 Å². The van der Waals surface area contributed by atoms with E-state index in [9.17, 15) is 0 Å². The van der Waals surface area contributed by atoms with Crippen molar-refractivity contribution in [2.45, 2.75) is 13.5 Å². The predicted octanol–water partition coefficient (Wildman–Crippen LogP) is 3.72. The summed E-state index contributed by atoms with van der Waals surface area (Å²) < 4.78 is 1.09. The van der Waals surface area contributed by atoms with Gasteiger partial charge in [-0.3, -0.25) is 0 Å². The first-order chi connectivity index (χ1) is 8.60. The number of hydrogen-bond donors (Lipinski definition) is 0. The van der Waals surface area contributed by atoms with Crippen LogP contribution in [0.25, 0.3) is 0 Å². The maximum absolute atomic E-state index is 9.11. The zero-order chi connectivity index (χ0) is 13.1. The van der Waals surface area contributed by atoms with Crippen molar-refractivity contribution in [2.24, 2.45) is 0 Å². The minimum Gasteiger partial charge on any atom is -0.353 e. The normalized spacial score (nSPS) is 10.1. The Kier molecular flexibility index (Phi) is 4.00. The Morgan fingerprint density at radius 2 is 2.28 bits per heavy atom. The van der Waals surface area contributed by atoms with Gasteiger partial charge in [0.05, 0.1) is 12.1 Å². The summed E-state index contributed by atoms with van der Waals surface area (Å²) in [6.45, 7) is 2.68.